The van der Waals surface area contributed by atoms with Crippen molar-refractivity contribution in [2.45, 2.75) is 25.0 Å². The zero-order valence-electron chi connectivity index (χ0n) is 8.59. The fourth-order valence-corrected chi connectivity index (χ4v) is 2.09. The number of hydrogen-bond donors (Lipinski definition) is 1. The summed E-state index contributed by atoms with van der Waals surface area (Å²) in [6, 6.07) is 3.79. The van der Waals surface area contributed by atoms with Crippen molar-refractivity contribution >= 4 is 10.0 Å². The van der Waals surface area contributed by atoms with Crippen molar-refractivity contribution in [2.75, 3.05) is 0 Å². The zero-order chi connectivity index (χ0) is 12.6. The average molecular weight is 253 g/mol. The van der Waals surface area contributed by atoms with Crippen molar-refractivity contribution in [3.05, 3.63) is 29.3 Å². The Morgan fingerprint density at radius 1 is 1.12 bits per heavy atom. The van der Waals surface area contributed by atoms with E-state index in [4.69, 9.17) is 0 Å². The van der Waals surface area contributed by atoms with Crippen molar-refractivity contribution in [3.8, 4) is 0 Å². The number of hydrogen-bond acceptors (Lipinski definition) is 2. The van der Waals surface area contributed by atoms with Gasteiger partial charge in [0.2, 0.25) is 10.0 Å². The summed E-state index contributed by atoms with van der Waals surface area (Å²) >= 11 is 0. The molecule has 3 nitrogen and oxygen atoms in total. The molecule has 0 spiro atoms. The molecule has 0 amide bonds. The fourth-order valence-electron chi connectivity index (χ4n) is 1.09. The SMILES string of the molecule is Cc1ccc(S(=O)(=O)NC(F)(F)F)cc1C. The van der Waals surface area contributed by atoms with E-state index in [1.807, 2.05) is 0 Å². The normalized spacial score (nSPS) is 12.8. The third kappa shape index (κ3) is 3.21. The lowest BCUT2D eigenvalue weighted by atomic mass is 10.1. The molecule has 0 aromatic heterocycles. The predicted octanol–water partition coefficient (Wildman–Crippen LogP) is 2.10. The number of nitrogens with one attached hydrogen (secondary N) is 1. The van der Waals surface area contributed by atoms with Crippen LogP contribution in [0.15, 0.2) is 23.1 Å². The quantitative estimate of drug-likeness (QED) is 0.820. The first-order valence-electron chi connectivity index (χ1n) is 4.30. The van der Waals surface area contributed by atoms with Gasteiger partial charge in [-0.25, -0.2) is 8.42 Å². The zero-order valence-corrected chi connectivity index (χ0v) is 9.41. The molecule has 90 valence electrons. The van der Waals surface area contributed by atoms with E-state index in [0.29, 0.717) is 10.3 Å². The summed E-state index contributed by atoms with van der Waals surface area (Å²) in [6.45, 7) is 3.37. The van der Waals surface area contributed by atoms with E-state index in [-0.39, 0.29) is 0 Å². The van der Waals surface area contributed by atoms with E-state index in [2.05, 4.69) is 0 Å². The maximum atomic E-state index is 11.9. The van der Waals surface area contributed by atoms with Crippen LogP contribution in [-0.2, 0) is 10.0 Å². The third-order valence-electron chi connectivity index (χ3n) is 2.04. The van der Waals surface area contributed by atoms with Crippen LogP contribution in [0.1, 0.15) is 11.1 Å². The Labute approximate surface area is 91.3 Å². The largest absolute Gasteiger partial charge is 0.470 e. The van der Waals surface area contributed by atoms with Gasteiger partial charge in [0.1, 0.15) is 0 Å². The summed E-state index contributed by atoms with van der Waals surface area (Å²) in [5.74, 6) is 0. The maximum absolute atomic E-state index is 11.9. The highest BCUT2D eigenvalue weighted by atomic mass is 32.2. The number of rotatable bonds is 2. The van der Waals surface area contributed by atoms with E-state index < -0.39 is 21.2 Å². The van der Waals surface area contributed by atoms with Crippen molar-refractivity contribution < 1.29 is 21.6 Å². The van der Waals surface area contributed by atoms with Gasteiger partial charge in [0.05, 0.1) is 4.90 Å². The van der Waals surface area contributed by atoms with Gasteiger partial charge in [-0.1, -0.05) is 6.07 Å². The van der Waals surface area contributed by atoms with Gasteiger partial charge in [-0.15, -0.1) is 4.72 Å². The molecule has 1 rings (SSSR count). The summed E-state index contributed by atoms with van der Waals surface area (Å²) in [7, 11) is -4.53. The number of alkyl halides is 3. The Morgan fingerprint density at radius 3 is 2.12 bits per heavy atom. The second kappa shape index (κ2) is 4.06. The van der Waals surface area contributed by atoms with Gasteiger partial charge < -0.3 is 0 Å². The number of benzene rings is 1. The van der Waals surface area contributed by atoms with Gasteiger partial charge >= 0.3 is 6.30 Å². The van der Waals surface area contributed by atoms with Crippen LogP contribution in [0, 0.1) is 13.8 Å². The van der Waals surface area contributed by atoms with E-state index in [0.717, 1.165) is 11.6 Å². The molecule has 0 saturated carbocycles. The van der Waals surface area contributed by atoms with E-state index in [9.17, 15) is 21.6 Å². The molecule has 7 heteroatoms. The smallest absolute Gasteiger partial charge is 0.207 e. The lowest BCUT2D eigenvalue weighted by Gasteiger charge is -2.10. The highest BCUT2D eigenvalue weighted by Crippen LogP contribution is 2.19. The summed E-state index contributed by atoms with van der Waals surface area (Å²) in [5.41, 5.74) is 1.43. The molecule has 0 saturated heterocycles. The molecule has 1 N–H and O–H groups in total. The average Bonchev–Trinajstić information content (AvgIpc) is 2.05. The predicted molar refractivity (Wildman–Crippen MR) is 52.3 cm³/mol. The van der Waals surface area contributed by atoms with Gasteiger partial charge in [0.25, 0.3) is 0 Å². The minimum Gasteiger partial charge on any atom is -0.207 e. The Morgan fingerprint density at radius 2 is 1.69 bits per heavy atom. The van der Waals surface area contributed by atoms with Gasteiger partial charge in [-0.3, -0.25) is 0 Å². The molecule has 0 fully saturated rings. The Kier molecular flexibility index (Phi) is 3.30. The van der Waals surface area contributed by atoms with E-state index in [1.54, 1.807) is 13.8 Å². The lowest BCUT2D eigenvalue weighted by molar-refractivity contribution is -0.138. The van der Waals surface area contributed by atoms with Gasteiger partial charge in [-0.2, -0.15) is 13.2 Å². The van der Waals surface area contributed by atoms with Crippen molar-refractivity contribution in [3.63, 3.8) is 0 Å². The monoisotopic (exact) mass is 253 g/mol. The summed E-state index contributed by atoms with van der Waals surface area (Å²) in [4.78, 5) is -0.395. The van der Waals surface area contributed by atoms with Crippen LogP contribution in [0.4, 0.5) is 13.2 Å². The summed E-state index contributed by atoms with van der Waals surface area (Å²) in [6.07, 6.45) is -4.96. The number of halogens is 3. The minimum absolute atomic E-state index is 0.395. The molecule has 0 unspecified atom stereocenters. The first-order chi connectivity index (χ1) is 7.12. The van der Waals surface area contributed by atoms with Gasteiger partial charge in [0.15, 0.2) is 0 Å². The minimum atomic E-state index is -4.96. The molecule has 0 aliphatic carbocycles. The molecular weight excluding hydrogens is 243 g/mol. The van der Waals surface area contributed by atoms with Crippen molar-refractivity contribution in [2.24, 2.45) is 0 Å². The molecular formula is C9H10F3NO2S. The van der Waals surface area contributed by atoms with Crippen LogP contribution in [0.5, 0.6) is 0 Å². The van der Waals surface area contributed by atoms with E-state index in [1.165, 1.54) is 12.1 Å². The number of aryl methyl sites for hydroxylation is 2. The van der Waals surface area contributed by atoms with E-state index >= 15 is 0 Å². The summed E-state index contributed by atoms with van der Waals surface area (Å²) in [5, 5.41) is 0. The van der Waals surface area contributed by atoms with Crippen LogP contribution in [-0.4, -0.2) is 14.7 Å². The van der Waals surface area contributed by atoms with Crippen LogP contribution in [0.25, 0.3) is 0 Å². The molecule has 1 aromatic rings. The summed E-state index contributed by atoms with van der Waals surface area (Å²) < 4.78 is 59.0. The second-order valence-corrected chi connectivity index (χ2v) is 5.03. The maximum Gasteiger partial charge on any atom is 0.470 e. The molecule has 0 heterocycles. The number of sulfonamides is 1. The molecule has 0 aliphatic rings. The Balaban J connectivity index is 3.13. The Bertz CT molecular complexity index is 494. The van der Waals surface area contributed by atoms with Gasteiger partial charge in [-0.05, 0) is 37.1 Å². The van der Waals surface area contributed by atoms with Gasteiger partial charge in [0, 0.05) is 0 Å². The molecule has 0 bridgehead atoms. The van der Waals surface area contributed by atoms with Crippen LogP contribution < -0.4 is 4.72 Å². The fraction of sp³-hybridized carbons (Fsp3) is 0.333. The standard InChI is InChI=1S/C9H10F3NO2S/c1-6-3-4-8(5-7(6)2)16(14,15)13-9(10,11)12/h3-5,13H,1-2H3. The molecule has 0 atom stereocenters. The molecule has 0 radical (unpaired) electrons. The first kappa shape index (κ1) is 13.0. The topological polar surface area (TPSA) is 46.2 Å². The molecule has 16 heavy (non-hydrogen) atoms. The highest BCUT2D eigenvalue weighted by molar-refractivity contribution is 7.89. The molecule has 0 aliphatic heterocycles. The van der Waals surface area contributed by atoms with Crippen LogP contribution in [0.3, 0.4) is 0 Å². The van der Waals surface area contributed by atoms with Crippen LogP contribution in [0.2, 0.25) is 0 Å². The van der Waals surface area contributed by atoms with Crippen molar-refractivity contribution in [1.82, 2.24) is 4.72 Å². The Hall–Kier alpha value is -1.08. The highest BCUT2D eigenvalue weighted by Gasteiger charge is 2.34. The molecule has 1 aromatic carbocycles. The first-order valence-corrected chi connectivity index (χ1v) is 5.78. The van der Waals surface area contributed by atoms with Crippen LogP contribution >= 0.6 is 0 Å². The third-order valence-corrected chi connectivity index (χ3v) is 3.41. The van der Waals surface area contributed by atoms with Crippen molar-refractivity contribution in [1.29, 1.82) is 0 Å². The lowest BCUT2D eigenvalue weighted by Crippen LogP contribution is -2.37. The second-order valence-electron chi connectivity index (χ2n) is 3.35.